The summed E-state index contributed by atoms with van der Waals surface area (Å²) in [6.07, 6.45) is 1.43. The summed E-state index contributed by atoms with van der Waals surface area (Å²) >= 11 is 0. The molecule has 3 fully saturated rings. The van der Waals surface area contributed by atoms with Crippen molar-refractivity contribution < 1.29 is 23.8 Å². The highest BCUT2D eigenvalue weighted by molar-refractivity contribution is 5.83. The van der Waals surface area contributed by atoms with E-state index in [1.54, 1.807) is 11.0 Å². The van der Waals surface area contributed by atoms with E-state index >= 15 is 0 Å². The first kappa shape index (κ1) is 18.4. The fraction of sp³-hybridized carbons (Fsp3) is 0.600. The summed E-state index contributed by atoms with van der Waals surface area (Å²) < 4.78 is 18.8. The number of rotatable bonds is 4. The van der Waals surface area contributed by atoms with Crippen LogP contribution in [0, 0.1) is 23.1 Å². The Morgan fingerprint density at radius 3 is 2.67 bits per heavy atom. The molecule has 1 N–H and O–H groups in total. The fourth-order valence-corrected chi connectivity index (χ4v) is 4.86. The van der Waals surface area contributed by atoms with Crippen LogP contribution in [-0.4, -0.2) is 66.2 Å². The minimum absolute atomic E-state index is 0.0492. The van der Waals surface area contributed by atoms with Crippen molar-refractivity contribution in [2.24, 2.45) is 17.3 Å². The zero-order valence-electron chi connectivity index (χ0n) is 15.3. The molecule has 146 valence electrons. The predicted octanol–water partition coefficient (Wildman–Crippen LogP) is 1.60. The van der Waals surface area contributed by atoms with E-state index in [0.29, 0.717) is 52.2 Å². The molecule has 0 aliphatic carbocycles. The van der Waals surface area contributed by atoms with Crippen LogP contribution < -0.4 is 0 Å². The van der Waals surface area contributed by atoms with Gasteiger partial charge in [0.1, 0.15) is 11.2 Å². The van der Waals surface area contributed by atoms with Gasteiger partial charge in [-0.2, -0.15) is 0 Å². The normalized spacial score (nSPS) is 29.1. The average Bonchev–Trinajstić information content (AvgIpc) is 3.17. The summed E-state index contributed by atoms with van der Waals surface area (Å²) in [4.78, 5) is 28.8. The molecule has 0 spiro atoms. The Hall–Kier alpha value is -1.99. The zero-order valence-corrected chi connectivity index (χ0v) is 15.3. The minimum Gasteiger partial charge on any atom is -0.481 e. The molecule has 1 amide bonds. The van der Waals surface area contributed by atoms with Crippen molar-refractivity contribution in [2.45, 2.75) is 19.4 Å². The topological polar surface area (TPSA) is 70.1 Å². The first-order valence-corrected chi connectivity index (χ1v) is 9.55. The Morgan fingerprint density at radius 1 is 1.22 bits per heavy atom. The van der Waals surface area contributed by atoms with Gasteiger partial charge in [-0.15, -0.1) is 0 Å². The number of ether oxygens (including phenoxy) is 1. The summed E-state index contributed by atoms with van der Waals surface area (Å²) in [7, 11) is 0. The molecule has 0 radical (unpaired) electrons. The number of hydrogen-bond donors (Lipinski definition) is 1. The van der Waals surface area contributed by atoms with Crippen LogP contribution in [0.5, 0.6) is 0 Å². The van der Waals surface area contributed by atoms with Crippen molar-refractivity contribution in [3.05, 3.63) is 35.6 Å². The lowest BCUT2D eigenvalue weighted by Gasteiger charge is -2.29. The summed E-state index contributed by atoms with van der Waals surface area (Å²) in [5.41, 5.74) is -0.0839. The van der Waals surface area contributed by atoms with Gasteiger partial charge in [-0.25, -0.2) is 4.39 Å². The van der Waals surface area contributed by atoms with Gasteiger partial charge in [0.2, 0.25) is 5.91 Å². The highest BCUT2D eigenvalue weighted by Crippen LogP contribution is 2.44. The molecule has 2 atom stereocenters. The molecule has 3 saturated heterocycles. The van der Waals surface area contributed by atoms with Gasteiger partial charge in [-0.05, 0) is 30.5 Å². The maximum atomic E-state index is 13.4. The second-order valence-corrected chi connectivity index (χ2v) is 8.06. The molecule has 0 unspecified atom stereocenters. The van der Waals surface area contributed by atoms with Gasteiger partial charge in [-0.3, -0.25) is 14.5 Å². The molecule has 7 heteroatoms. The highest BCUT2D eigenvalue weighted by atomic mass is 19.1. The zero-order chi connectivity index (χ0) is 19.0. The summed E-state index contributed by atoms with van der Waals surface area (Å²) in [6, 6.07) is 6.41. The third-order valence-corrected chi connectivity index (χ3v) is 6.28. The van der Waals surface area contributed by atoms with Crippen LogP contribution in [0.2, 0.25) is 0 Å². The molecule has 3 heterocycles. The smallest absolute Gasteiger partial charge is 0.313 e. The quantitative estimate of drug-likeness (QED) is 0.864. The molecule has 6 nitrogen and oxygen atoms in total. The van der Waals surface area contributed by atoms with E-state index in [2.05, 4.69) is 4.90 Å². The van der Waals surface area contributed by atoms with Gasteiger partial charge < -0.3 is 14.7 Å². The average molecular weight is 376 g/mol. The SMILES string of the molecule is O=C(C1CCOCC1)N1C[C@@H]2CN(Cc3cccc(F)c3)C[C@]2(C(=O)O)C1. The number of nitrogens with zero attached hydrogens (tertiary/aromatic N) is 2. The standard InChI is InChI=1S/C20H25FN2O4/c21-17-3-1-2-14(8-17)9-22-10-16-11-23(13-20(16,12-22)19(25)26)18(24)15-4-6-27-7-5-15/h1-3,8,15-16H,4-7,9-13H2,(H,25,26)/t16-,20-/m0/s1. The molecule has 0 aromatic heterocycles. The largest absolute Gasteiger partial charge is 0.481 e. The second kappa shape index (κ2) is 7.20. The number of carboxylic acid groups (broad SMARTS) is 1. The van der Waals surface area contributed by atoms with Crippen molar-refractivity contribution >= 4 is 11.9 Å². The molecule has 3 aliphatic heterocycles. The molecule has 4 rings (SSSR count). The second-order valence-electron chi connectivity index (χ2n) is 8.06. The molecule has 0 bridgehead atoms. The summed E-state index contributed by atoms with van der Waals surface area (Å²) in [5.74, 6) is -1.19. The van der Waals surface area contributed by atoms with E-state index in [4.69, 9.17) is 4.74 Å². The minimum atomic E-state index is -0.922. The number of likely N-dealkylation sites (tertiary alicyclic amines) is 2. The number of aliphatic carboxylic acids is 1. The van der Waals surface area contributed by atoms with Crippen molar-refractivity contribution in [2.75, 3.05) is 39.4 Å². The Bertz CT molecular complexity index is 736. The Kier molecular flexibility index (Phi) is 4.90. The Morgan fingerprint density at radius 2 is 2.00 bits per heavy atom. The lowest BCUT2D eigenvalue weighted by molar-refractivity contribution is -0.149. The number of carboxylic acids is 1. The Labute approximate surface area is 157 Å². The lowest BCUT2D eigenvalue weighted by Crippen LogP contribution is -2.43. The molecule has 0 saturated carbocycles. The molecule has 1 aromatic rings. The van der Waals surface area contributed by atoms with Crippen molar-refractivity contribution in [3.8, 4) is 0 Å². The number of amides is 1. The number of benzene rings is 1. The fourth-order valence-electron chi connectivity index (χ4n) is 4.86. The number of hydrogen-bond acceptors (Lipinski definition) is 4. The van der Waals surface area contributed by atoms with Crippen LogP contribution in [0.1, 0.15) is 18.4 Å². The van der Waals surface area contributed by atoms with E-state index in [9.17, 15) is 19.1 Å². The van der Waals surface area contributed by atoms with E-state index < -0.39 is 11.4 Å². The maximum Gasteiger partial charge on any atom is 0.313 e. The van der Waals surface area contributed by atoms with E-state index in [-0.39, 0.29) is 30.1 Å². The first-order valence-electron chi connectivity index (χ1n) is 9.55. The van der Waals surface area contributed by atoms with E-state index in [1.165, 1.54) is 12.1 Å². The van der Waals surface area contributed by atoms with Crippen molar-refractivity contribution in [1.82, 2.24) is 9.80 Å². The molecule has 1 aromatic carbocycles. The summed E-state index contributed by atoms with van der Waals surface area (Å²) in [5, 5.41) is 9.97. The molecule has 3 aliphatic rings. The molecular weight excluding hydrogens is 351 g/mol. The van der Waals surface area contributed by atoms with Crippen LogP contribution in [-0.2, 0) is 20.9 Å². The molecule has 27 heavy (non-hydrogen) atoms. The van der Waals surface area contributed by atoms with Gasteiger partial charge in [-0.1, -0.05) is 12.1 Å². The van der Waals surface area contributed by atoms with Crippen molar-refractivity contribution in [1.29, 1.82) is 0 Å². The third kappa shape index (κ3) is 3.46. The monoisotopic (exact) mass is 376 g/mol. The predicted molar refractivity (Wildman–Crippen MR) is 95.4 cm³/mol. The number of halogens is 1. The van der Waals surface area contributed by atoms with Gasteiger partial charge in [0.25, 0.3) is 0 Å². The number of carbonyl (C=O) groups is 2. The number of fused-ring (bicyclic) bond motifs is 1. The van der Waals surface area contributed by atoms with Crippen molar-refractivity contribution in [3.63, 3.8) is 0 Å². The van der Waals surface area contributed by atoms with E-state index in [1.807, 2.05) is 6.07 Å². The Balaban J connectivity index is 1.45. The van der Waals surface area contributed by atoms with Crippen LogP contribution in [0.3, 0.4) is 0 Å². The first-order chi connectivity index (χ1) is 13.0. The highest BCUT2D eigenvalue weighted by Gasteiger charge is 2.58. The van der Waals surface area contributed by atoms with Gasteiger partial charge in [0.05, 0.1) is 0 Å². The number of carbonyl (C=O) groups excluding carboxylic acids is 1. The van der Waals surface area contributed by atoms with Crippen LogP contribution in [0.4, 0.5) is 4.39 Å². The van der Waals surface area contributed by atoms with Gasteiger partial charge in [0.15, 0.2) is 0 Å². The van der Waals surface area contributed by atoms with Gasteiger partial charge >= 0.3 is 5.97 Å². The van der Waals surface area contributed by atoms with Gasteiger partial charge in [0, 0.05) is 57.8 Å². The third-order valence-electron chi connectivity index (χ3n) is 6.28. The van der Waals surface area contributed by atoms with Crippen LogP contribution in [0.15, 0.2) is 24.3 Å². The van der Waals surface area contributed by atoms with E-state index in [0.717, 1.165) is 5.56 Å². The summed E-state index contributed by atoms with van der Waals surface area (Å²) in [6.45, 7) is 3.47. The maximum absolute atomic E-state index is 13.4. The molecular formula is C20H25FN2O4. The van der Waals surface area contributed by atoms with Crippen LogP contribution >= 0.6 is 0 Å². The lowest BCUT2D eigenvalue weighted by atomic mass is 9.81. The van der Waals surface area contributed by atoms with Crippen LogP contribution in [0.25, 0.3) is 0 Å².